The lowest BCUT2D eigenvalue weighted by atomic mass is 9.88. The van der Waals surface area contributed by atoms with E-state index >= 15 is 0 Å². The average Bonchev–Trinajstić information content (AvgIpc) is 2.86. The number of benzene rings is 1. The van der Waals surface area contributed by atoms with Crippen molar-refractivity contribution < 1.29 is 27.9 Å². The van der Waals surface area contributed by atoms with E-state index in [1.165, 1.54) is 22.6 Å². The van der Waals surface area contributed by atoms with E-state index in [9.17, 15) is 23.1 Å². The number of ether oxygens (including phenoxy) is 1. The van der Waals surface area contributed by atoms with Gasteiger partial charge in [-0.05, 0) is 68.0 Å². The van der Waals surface area contributed by atoms with Gasteiger partial charge in [-0.2, -0.15) is 4.31 Å². The molecule has 0 radical (unpaired) electrons. The Labute approximate surface area is 242 Å². The van der Waals surface area contributed by atoms with Gasteiger partial charge in [0.05, 0.1) is 12.2 Å². The van der Waals surface area contributed by atoms with Crippen molar-refractivity contribution in [3.63, 3.8) is 0 Å². The number of pyridine rings is 2. The molecule has 2 aromatic heterocycles. The second kappa shape index (κ2) is 12.8. The molecule has 3 aromatic rings. The van der Waals surface area contributed by atoms with Crippen molar-refractivity contribution in [2.24, 2.45) is 5.41 Å². The molecule has 3 rings (SSSR count). The number of hydrogen-bond acceptors (Lipinski definition) is 7. The Kier molecular flexibility index (Phi) is 9.88. The summed E-state index contributed by atoms with van der Waals surface area (Å²) < 4.78 is 34.0. The molecule has 220 valence electrons. The molecule has 2 heterocycles. The van der Waals surface area contributed by atoms with Crippen LogP contribution < -0.4 is 4.90 Å². The number of aliphatic carboxylic acids is 1. The van der Waals surface area contributed by atoms with Crippen LogP contribution in [0, 0.1) is 5.41 Å². The summed E-state index contributed by atoms with van der Waals surface area (Å²) in [6.07, 6.45) is 1.41. The maximum Gasteiger partial charge on any atom is 0.416 e. The van der Waals surface area contributed by atoms with Gasteiger partial charge in [-0.15, -0.1) is 0 Å². The van der Waals surface area contributed by atoms with E-state index in [0.29, 0.717) is 5.69 Å². The van der Waals surface area contributed by atoms with E-state index in [-0.39, 0.29) is 29.3 Å². The molecule has 1 N–H and O–H groups in total. The lowest BCUT2D eigenvalue weighted by molar-refractivity contribution is -0.135. The first-order chi connectivity index (χ1) is 19.0. The summed E-state index contributed by atoms with van der Waals surface area (Å²) in [5, 5.41) is 9.30. The molecule has 0 aliphatic rings. The molecule has 0 spiro atoms. The van der Waals surface area contributed by atoms with E-state index in [1.807, 2.05) is 24.3 Å². The van der Waals surface area contributed by atoms with Gasteiger partial charge in [-0.3, -0.25) is 9.69 Å². The first kappa shape index (κ1) is 31.7. The van der Waals surface area contributed by atoms with Gasteiger partial charge in [0, 0.05) is 12.7 Å². The molecule has 0 saturated carbocycles. The van der Waals surface area contributed by atoms with Gasteiger partial charge in [0.25, 0.3) is 10.0 Å². The van der Waals surface area contributed by atoms with Crippen molar-refractivity contribution >= 4 is 27.9 Å². The lowest BCUT2D eigenvalue weighted by Gasteiger charge is -2.26. The summed E-state index contributed by atoms with van der Waals surface area (Å²) in [6, 6.07) is 17.1. The Morgan fingerprint density at radius 3 is 2.10 bits per heavy atom. The molecule has 0 bridgehead atoms. The van der Waals surface area contributed by atoms with E-state index in [2.05, 4.69) is 30.7 Å². The largest absolute Gasteiger partial charge is 0.480 e. The van der Waals surface area contributed by atoms with Crippen LogP contribution in [-0.2, 0) is 39.1 Å². The third-order valence-electron chi connectivity index (χ3n) is 5.67. The second-order valence-corrected chi connectivity index (χ2v) is 13.8. The molecule has 41 heavy (non-hydrogen) atoms. The van der Waals surface area contributed by atoms with Crippen LogP contribution in [0.15, 0.2) is 71.9 Å². The molecular weight excluding hydrogens is 544 g/mol. The minimum atomic E-state index is -4.05. The molecule has 0 saturated heterocycles. The highest BCUT2D eigenvalue weighted by Crippen LogP contribution is 2.24. The van der Waals surface area contributed by atoms with Crippen molar-refractivity contribution in [3.05, 3.63) is 83.7 Å². The van der Waals surface area contributed by atoms with E-state index in [1.54, 1.807) is 45.0 Å². The number of nitrogens with zero attached hydrogens (tertiary/aromatic N) is 4. The topological polar surface area (TPSA) is 130 Å². The maximum atomic E-state index is 13.7. The van der Waals surface area contributed by atoms with Crippen molar-refractivity contribution in [2.75, 3.05) is 11.4 Å². The van der Waals surface area contributed by atoms with Gasteiger partial charge in [-0.1, -0.05) is 57.2 Å². The SMILES string of the molecule is CC(C)(C)Cc1ccc(CN(Cc2cccc(N(CC(=O)O)C(=O)OC(C)(C)C)n2)S(=O)(=O)c2ccccn2)cc1. The third kappa shape index (κ3) is 9.65. The first-order valence-corrected chi connectivity index (χ1v) is 14.6. The zero-order valence-corrected chi connectivity index (χ0v) is 25.2. The Bertz CT molecular complexity index is 1450. The number of sulfonamides is 1. The van der Waals surface area contributed by atoms with E-state index in [0.717, 1.165) is 22.4 Å². The fourth-order valence-electron chi connectivity index (χ4n) is 4.01. The van der Waals surface area contributed by atoms with E-state index < -0.39 is 34.2 Å². The van der Waals surface area contributed by atoms with Crippen molar-refractivity contribution in [3.8, 4) is 0 Å². The molecular formula is C30H38N4O6S. The Morgan fingerprint density at radius 2 is 1.54 bits per heavy atom. The van der Waals surface area contributed by atoms with Crippen LogP contribution in [0.3, 0.4) is 0 Å². The zero-order chi connectivity index (χ0) is 30.4. The number of carbonyl (C=O) groups is 2. The molecule has 10 nitrogen and oxygen atoms in total. The summed E-state index contributed by atoms with van der Waals surface area (Å²) in [5.41, 5.74) is 1.49. The molecule has 1 aromatic carbocycles. The maximum absolute atomic E-state index is 13.7. The number of rotatable bonds is 10. The van der Waals surface area contributed by atoms with Crippen LogP contribution in [0.5, 0.6) is 0 Å². The number of carboxylic acids is 1. The standard InChI is InChI=1S/C30H38N4O6S/c1-29(2,3)18-22-13-15-23(16-14-22)19-33(41(38,39)26-12-7-8-17-31-26)20-24-10-9-11-25(32-24)34(21-27(35)36)28(37)40-30(4,5)6/h7-17H,18-21H2,1-6H3,(H,35,36). The van der Waals surface area contributed by atoms with Gasteiger partial charge in [-0.25, -0.2) is 23.2 Å². The van der Waals surface area contributed by atoms with Crippen molar-refractivity contribution in [1.82, 2.24) is 14.3 Å². The summed E-state index contributed by atoms with van der Waals surface area (Å²) in [6.45, 7) is 10.7. The molecule has 0 fully saturated rings. The van der Waals surface area contributed by atoms with Crippen molar-refractivity contribution in [2.45, 2.75) is 71.7 Å². The predicted octanol–water partition coefficient (Wildman–Crippen LogP) is 5.28. The number of aromatic nitrogens is 2. The number of anilines is 1. The highest BCUT2D eigenvalue weighted by molar-refractivity contribution is 7.89. The quantitative estimate of drug-likeness (QED) is 0.342. The van der Waals surface area contributed by atoms with Gasteiger partial charge in [0.1, 0.15) is 18.0 Å². The number of carboxylic acid groups (broad SMARTS) is 1. The molecule has 11 heteroatoms. The summed E-state index contributed by atoms with van der Waals surface area (Å²) in [4.78, 5) is 33.8. The monoisotopic (exact) mass is 582 g/mol. The van der Waals surface area contributed by atoms with Crippen LogP contribution in [0.1, 0.15) is 58.4 Å². The number of amides is 1. The summed E-state index contributed by atoms with van der Waals surface area (Å²) >= 11 is 0. The molecule has 1 amide bonds. The average molecular weight is 583 g/mol. The predicted molar refractivity (Wildman–Crippen MR) is 156 cm³/mol. The van der Waals surface area contributed by atoms with Gasteiger partial charge >= 0.3 is 12.1 Å². The minimum absolute atomic E-state index is 0.0286. The van der Waals surface area contributed by atoms with Crippen molar-refractivity contribution in [1.29, 1.82) is 0 Å². The molecule has 0 atom stereocenters. The summed E-state index contributed by atoms with van der Waals surface area (Å²) in [5.74, 6) is -1.22. The van der Waals surface area contributed by atoms with Crippen LogP contribution in [0.4, 0.5) is 10.6 Å². The smallest absolute Gasteiger partial charge is 0.416 e. The highest BCUT2D eigenvalue weighted by atomic mass is 32.2. The highest BCUT2D eigenvalue weighted by Gasteiger charge is 2.29. The van der Waals surface area contributed by atoms with Crippen LogP contribution >= 0.6 is 0 Å². The molecule has 0 unspecified atom stereocenters. The normalized spacial score (nSPS) is 12.3. The molecule has 0 aliphatic carbocycles. The minimum Gasteiger partial charge on any atom is -0.480 e. The van der Waals surface area contributed by atoms with Gasteiger partial charge < -0.3 is 9.84 Å². The second-order valence-electron chi connectivity index (χ2n) is 11.9. The fourth-order valence-corrected chi connectivity index (χ4v) is 5.34. The Balaban J connectivity index is 1.96. The Hall–Kier alpha value is -3.83. The number of hydrogen-bond donors (Lipinski definition) is 1. The summed E-state index contributed by atoms with van der Waals surface area (Å²) in [7, 11) is -4.05. The van der Waals surface area contributed by atoms with Gasteiger partial charge in [0.2, 0.25) is 0 Å². The third-order valence-corrected chi connectivity index (χ3v) is 7.38. The van der Waals surface area contributed by atoms with Gasteiger partial charge in [0.15, 0.2) is 5.03 Å². The first-order valence-electron chi connectivity index (χ1n) is 13.2. The van der Waals surface area contributed by atoms with E-state index in [4.69, 9.17) is 4.74 Å². The van der Waals surface area contributed by atoms with Crippen LogP contribution in [0.2, 0.25) is 0 Å². The Morgan fingerprint density at radius 1 is 0.878 bits per heavy atom. The number of carbonyl (C=O) groups excluding carboxylic acids is 1. The van der Waals surface area contributed by atoms with Crippen LogP contribution in [-0.4, -0.2) is 52.0 Å². The fraction of sp³-hybridized carbons (Fsp3) is 0.400. The lowest BCUT2D eigenvalue weighted by Crippen LogP contribution is -2.40. The van der Waals surface area contributed by atoms with Crippen LogP contribution in [0.25, 0.3) is 0 Å². The zero-order valence-electron chi connectivity index (χ0n) is 24.4. The molecule has 0 aliphatic heterocycles.